The molecule has 0 atom stereocenters. The zero-order valence-electron chi connectivity index (χ0n) is 15.8. The number of rotatable bonds is 4. The van der Waals surface area contributed by atoms with Crippen molar-refractivity contribution in [3.05, 3.63) is 48.2 Å². The summed E-state index contributed by atoms with van der Waals surface area (Å²) >= 11 is 0. The van der Waals surface area contributed by atoms with Crippen LogP contribution < -0.4 is 9.80 Å². The number of para-hydroxylation sites is 2. The van der Waals surface area contributed by atoms with E-state index in [0.29, 0.717) is 5.56 Å². The van der Waals surface area contributed by atoms with Crippen molar-refractivity contribution in [1.82, 2.24) is 9.88 Å². The zero-order chi connectivity index (χ0) is 17.9. The molecule has 1 saturated heterocycles. The van der Waals surface area contributed by atoms with Gasteiger partial charge in [0.1, 0.15) is 5.82 Å². The number of anilines is 3. The first-order chi connectivity index (χ1) is 12.8. The van der Waals surface area contributed by atoms with Crippen molar-refractivity contribution < 1.29 is 4.79 Å². The predicted molar refractivity (Wildman–Crippen MR) is 113 cm³/mol. The summed E-state index contributed by atoms with van der Waals surface area (Å²) in [6.45, 7) is 4.39. The van der Waals surface area contributed by atoms with Gasteiger partial charge in [0.2, 0.25) is 0 Å². The van der Waals surface area contributed by atoms with Crippen molar-refractivity contribution in [3.8, 4) is 0 Å². The maximum absolute atomic E-state index is 12.9. The Kier molecular flexibility index (Phi) is 6.34. The van der Waals surface area contributed by atoms with Crippen LogP contribution in [-0.2, 0) is 0 Å². The summed E-state index contributed by atoms with van der Waals surface area (Å²) in [5.41, 5.74) is 2.66. The van der Waals surface area contributed by atoms with E-state index in [2.05, 4.69) is 20.9 Å². The fourth-order valence-electron chi connectivity index (χ4n) is 4.02. The van der Waals surface area contributed by atoms with Gasteiger partial charge in [-0.05, 0) is 63.2 Å². The third-order valence-corrected chi connectivity index (χ3v) is 5.42. The first-order valence-corrected chi connectivity index (χ1v) is 9.58. The number of carbonyl (C=O) groups excluding carboxylic acids is 1. The van der Waals surface area contributed by atoms with Crippen LogP contribution in [-0.4, -0.2) is 49.0 Å². The molecule has 0 N–H and O–H groups in total. The van der Waals surface area contributed by atoms with Gasteiger partial charge in [0.25, 0.3) is 5.91 Å². The molecule has 0 aliphatic carbocycles. The minimum Gasteiger partial charge on any atom is -0.324 e. The van der Waals surface area contributed by atoms with Gasteiger partial charge in [-0.1, -0.05) is 18.6 Å². The molecule has 1 aromatic heterocycles. The van der Waals surface area contributed by atoms with E-state index in [0.717, 1.165) is 36.7 Å². The number of fused-ring (bicyclic) bond motifs is 2. The van der Waals surface area contributed by atoms with Crippen LogP contribution in [0.25, 0.3) is 0 Å². The number of hydrogen-bond donors (Lipinski definition) is 0. The molecule has 0 radical (unpaired) electrons. The van der Waals surface area contributed by atoms with Crippen molar-refractivity contribution in [3.63, 3.8) is 0 Å². The average Bonchev–Trinajstić information content (AvgIpc) is 2.79. The summed E-state index contributed by atoms with van der Waals surface area (Å²) < 4.78 is 0. The van der Waals surface area contributed by atoms with Crippen molar-refractivity contribution in [2.45, 2.75) is 25.7 Å². The first kappa shape index (κ1) is 19.6. The predicted octanol–water partition coefficient (Wildman–Crippen LogP) is 4.11. The molecule has 0 bridgehead atoms. The summed E-state index contributed by atoms with van der Waals surface area (Å²) in [6.07, 6.45) is 6.83. The van der Waals surface area contributed by atoms with Gasteiger partial charge in [0.15, 0.2) is 0 Å². The smallest absolute Gasteiger partial charge is 0.261 e. The molecule has 6 heteroatoms. The molecular weight excluding hydrogens is 360 g/mol. The minimum atomic E-state index is -0.000851. The highest BCUT2D eigenvalue weighted by molar-refractivity contribution is 6.12. The molecule has 5 nitrogen and oxygen atoms in total. The molecule has 2 aromatic rings. The fraction of sp³-hybridized carbons (Fsp3) is 0.429. The van der Waals surface area contributed by atoms with E-state index in [9.17, 15) is 4.79 Å². The molecule has 3 heterocycles. The van der Waals surface area contributed by atoms with E-state index in [1.807, 2.05) is 37.4 Å². The Morgan fingerprint density at radius 2 is 1.70 bits per heavy atom. The highest BCUT2D eigenvalue weighted by Gasteiger charge is 2.29. The molecule has 2 aliphatic heterocycles. The van der Waals surface area contributed by atoms with Crippen LogP contribution in [0.2, 0.25) is 0 Å². The maximum Gasteiger partial charge on any atom is 0.261 e. The number of aromatic nitrogens is 1. The van der Waals surface area contributed by atoms with E-state index >= 15 is 0 Å². The molecule has 0 saturated carbocycles. The number of halogens is 1. The summed E-state index contributed by atoms with van der Waals surface area (Å²) in [6, 6.07) is 11.8. The number of likely N-dealkylation sites (tertiary alicyclic amines) is 1. The molecule has 2 aliphatic rings. The van der Waals surface area contributed by atoms with Crippen LogP contribution >= 0.6 is 12.4 Å². The Morgan fingerprint density at radius 1 is 0.963 bits per heavy atom. The molecular formula is C21H27ClN4O. The van der Waals surface area contributed by atoms with E-state index in [1.165, 1.54) is 32.4 Å². The molecule has 4 rings (SSSR count). The van der Waals surface area contributed by atoms with Crippen LogP contribution in [0.4, 0.5) is 17.2 Å². The number of nitrogens with zero attached hydrogens (tertiary/aromatic N) is 4. The number of pyridine rings is 1. The number of hydrogen-bond acceptors (Lipinski definition) is 4. The number of carbonyl (C=O) groups is 1. The Balaban J connectivity index is 0.00000210. The number of piperidine rings is 1. The van der Waals surface area contributed by atoms with Crippen molar-refractivity contribution in [2.75, 3.05) is 43.0 Å². The molecule has 1 fully saturated rings. The van der Waals surface area contributed by atoms with Crippen molar-refractivity contribution in [1.29, 1.82) is 0 Å². The van der Waals surface area contributed by atoms with Crippen molar-refractivity contribution in [2.24, 2.45) is 0 Å². The van der Waals surface area contributed by atoms with Gasteiger partial charge in [-0.3, -0.25) is 4.79 Å². The largest absolute Gasteiger partial charge is 0.324 e. The number of benzene rings is 1. The monoisotopic (exact) mass is 386 g/mol. The van der Waals surface area contributed by atoms with Gasteiger partial charge in [0.05, 0.1) is 16.9 Å². The normalized spacial score (nSPS) is 17.0. The van der Waals surface area contributed by atoms with E-state index in [-0.39, 0.29) is 18.3 Å². The third-order valence-electron chi connectivity index (χ3n) is 5.42. The second-order valence-corrected chi connectivity index (χ2v) is 7.13. The minimum absolute atomic E-state index is 0. The highest BCUT2D eigenvalue weighted by atomic mass is 35.5. The van der Waals surface area contributed by atoms with Gasteiger partial charge < -0.3 is 14.7 Å². The van der Waals surface area contributed by atoms with Crippen molar-refractivity contribution >= 4 is 35.5 Å². The Hall–Kier alpha value is -2.11. The third kappa shape index (κ3) is 3.94. The lowest BCUT2D eigenvalue weighted by Crippen LogP contribution is -2.32. The topological polar surface area (TPSA) is 39.7 Å². The molecule has 1 aromatic carbocycles. The lowest BCUT2D eigenvalue weighted by Gasteiger charge is -2.29. The Bertz CT molecular complexity index is 791. The van der Waals surface area contributed by atoms with Crippen LogP contribution in [0.3, 0.4) is 0 Å². The van der Waals surface area contributed by atoms with Gasteiger partial charge in [0, 0.05) is 19.8 Å². The average molecular weight is 387 g/mol. The quantitative estimate of drug-likeness (QED) is 0.792. The van der Waals surface area contributed by atoms with Crippen LogP contribution in [0, 0.1) is 0 Å². The maximum atomic E-state index is 12.9. The molecule has 1 amide bonds. The SMILES string of the molecule is CN1C(=O)c2cccnc2N(CCCN2CCCCC2)c2ccccc21.Cl. The van der Waals surface area contributed by atoms with Crippen LogP contribution in [0.15, 0.2) is 42.6 Å². The van der Waals surface area contributed by atoms with Crippen LogP contribution in [0.1, 0.15) is 36.0 Å². The van der Waals surface area contributed by atoms with Gasteiger partial charge in [-0.25, -0.2) is 4.98 Å². The van der Waals surface area contributed by atoms with Crippen LogP contribution in [0.5, 0.6) is 0 Å². The fourth-order valence-corrected chi connectivity index (χ4v) is 4.02. The summed E-state index contributed by atoms with van der Waals surface area (Å²) in [4.78, 5) is 24.0. The molecule has 0 unspecified atom stereocenters. The molecule has 27 heavy (non-hydrogen) atoms. The van der Waals surface area contributed by atoms with E-state index < -0.39 is 0 Å². The highest BCUT2D eigenvalue weighted by Crippen LogP contribution is 2.38. The Morgan fingerprint density at radius 3 is 2.48 bits per heavy atom. The van der Waals surface area contributed by atoms with E-state index in [4.69, 9.17) is 0 Å². The summed E-state index contributed by atoms with van der Waals surface area (Å²) in [7, 11) is 1.84. The zero-order valence-corrected chi connectivity index (χ0v) is 16.6. The standard InChI is InChI=1S/C21H26N4O.ClH/c1-23-18-10-3-4-11-19(18)25(16-8-15-24-13-5-2-6-14-24)20-17(21(23)26)9-7-12-22-20;/h3-4,7,9-12H,2,5-6,8,13-16H2,1H3;1H. The number of amides is 1. The first-order valence-electron chi connectivity index (χ1n) is 9.58. The molecule has 0 spiro atoms. The summed E-state index contributed by atoms with van der Waals surface area (Å²) in [5.74, 6) is 0.770. The summed E-state index contributed by atoms with van der Waals surface area (Å²) in [5, 5.41) is 0. The second kappa shape index (κ2) is 8.72. The Labute approximate surface area is 167 Å². The lowest BCUT2D eigenvalue weighted by atomic mass is 10.1. The lowest BCUT2D eigenvalue weighted by molar-refractivity contribution is 0.0994. The van der Waals surface area contributed by atoms with Gasteiger partial charge >= 0.3 is 0 Å². The molecule has 144 valence electrons. The second-order valence-electron chi connectivity index (χ2n) is 7.13. The van der Waals surface area contributed by atoms with Gasteiger partial charge in [-0.15, -0.1) is 12.4 Å². The van der Waals surface area contributed by atoms with E-state index in [1.54, 1.807) is 11.1 Å². The van der Waals surface area contributed by atoms with Gasteiger partial charge in [-0.2, -0.15) is 0 Å².